The van der Waals surface area contributed by atoms with Crippen LogP contribution in [0.3, 0.4) is 0 Å². The molecular formula is C26H24OS2. The minimum Gasteiger partial charge on any atom is -0.493 e. The first-order valence-corrected chi connectivity index (χ1v) is 12.5. The van der Waals surface area contributed by atoms with Crippen molar-refractivity contribution in [2.75, 3.05) is 12.4 Å². The first-order chi connectivity index (χ1) is 14.3. The lowest BCUT2D eigenvalue weighted by Gasteiger charge is -2.26. The van der Waals surface area contributed by atoms with Crippen LogP contribution in [0.5, 0.6) is 5.75 Å². The zero-order chi connectivity index (χ0) is 19.2. The molecule has 2 unspecified atom stereocenters. The minimum absolute atomic E-state index is 0.458. The maximum Gasteiger partial charge on any atom is 0.122 e. The zero-order valence-electron chi connectivity index (χ0n) is 16.4. The van der Waals surface area contributed by atoms with Crippen LogP contribution in [-0.2, 0) is 19.3 Å². The van der Waals surface area contributed by atoms with Crippen LogP contribution in [0.2, 0.25) is 0 Å². The van der Waals surface area contributed by atoms with Gasteiger partial charge in [-0.05, 0) is 77.5 Å². The van der Waals surface area contributed by atoms with Gasteiger partial charge in [0.1, 0.15) is 5.75 Å². The van der Waals surface area contributed by atoms with Crippen molar-refractivity contribution in [3.05, 3.63) is 88.5 Å². The highest BCUT2D eigenvalue weighted by Gasteiger charge is 2.27. The van der Waals surface area contributed by atoms with Crippen molar-refractivity contribution in [1.29, 1.82) is 0 Å². The number of thioether (sulfide) groups is 2. The third-order valence-corrected chi connectivity index (χ3v) is 8.99. The summed E-state index contributed by atoms with van der Waals surface area (Å²) >= 11 is 4.07. The van der Waals surface area contributed by atoms with E-state index in [2.05, 4.69) is 60.7 Å². The van der Waals surface area contributed by atoms with Crippen LogP contribution in [0.4, 0.5) is 0 Å². The van der Waals surface area contributed by atoms with Gasteiger partial charge in [-0.25, -0.2) is 0 Å². The van der Waals surface area contributed by atoms with E-state index >= 15 is 0 Å². The standard InChI is InChI=1S/C26H24OS2/c1-2-6-23-18(4-1)13-22(16-27-23)17-7-10-25-21(12-17)15-26(29-25)20-8-9-24-19(14-20)5-3-11-28-24/h1-2,4,6-10,12,14,22,26H,3,5,11,13,15-16H2. The molecule has 3 heterocycles. The van der Waals surface area contributed by atoms with E-state index in [1.54, 1.807) is 5.56 Å². The van der Waals surface area contributed by atoms with Crippen LogP contribution >= 0.6 is 23.5 Å². The number of hydrogen-bond donors (Lipinski definition) is 0. The van der Waals surface area contributed by atoms with E-state index in [4.69, 9.17) is 4.74 Å². The fraction of sp³-hybridized carbons (Fsp3) is 0.308. The van der Waals surface area contributed by atoms with Crippen LogP contribution in [0.25, 0.3) is 0 Å². The molecule has 3 heteroatoms. The number of hydrogen-bond acceptors (Lipinski definition) is 3. The molecule has 0 aromatic heterocycles. The summed E-state index contributed by atoms with van der Waals surface area (Å²) in [5.74, 6) is 2.79. The summed E-state index contributed by atoms with van der Waals surface area (Å²) in [7, 11) is 0. The van der Waals surface area contributed by atoms with E-state index in [9.17, 15) is 0 Å². The Balaban J connectivity index is 1.23. The predicted octanol–water partition coefficient (Wildman–Crippen LogP) is 6.83. The first kappa shape index (κ1) is 18.0. The van der Waals surface area contributed by atoms with Gasteiger partial charge in [0.15, 0.2) is 0 Å². The van der Waals surface area contributed by atoms with Crippen LogP contribution < -0.4 is 4.74 Å². The first-order valence-electron chi connectivity index (χ1n) is 10.6. The molecule has 146 valence electrons. The van der Waals surface area contributed by atoms with Crippen molar-refractivity contribution in [3.63, 3.8) is 0 Å². The summed E-state index contributed by atoms with van der Waals surface area (Å²) in [6.07, 6.45) is 4.78. The average Bonchev–Trinajstić information content (AvgIpc) is 3.22. The third kappa shape index (κ3) is 3.39. The number of aryl methyl sites for hydroxylation is 1. The van der Waals surface area contributed by atoms with E-state index in [0.717, 1.165) is 25.2 Å². The Hall–Kier alpha value is -1.84. The second kappa shape index (κ2) is 7.45. The second-order valence-corrected chi connectivity index (χ2v) is 10.7. The molecule has 3 aromatic rings. The monoisotopic (exact) mass is 416 g/mol. The second-order valence-electron chi connectivity index (χ2n) is 8.32. The fourth-order valence-corrected chi connectivity index (χ4v) is 7.14. The van der Waals surface area contributed by atoms with Crippen LogP contribution in [-0.4, -0.2) is 12.4 Å². The van der Waals surface area contributed by atoms with Gasteiger partial charge in [-0.15, -0.1) is 23.5 Å². The molecule has 0 saturated carbocycles. The van der Waals surface area contributed by atoms with Crippen molar-refractivity contribution >= 4 is 23.5 Å². The van der Waals surface area contributed by atoms with Gasteiger partial charge < -0.3 is 4.74 Å². The van der Waals surface area contributed by atoms with Crippen molar-refractivity contribution in [2.24, 2.45) is 0 Å². The molecule has 0 aliphatic carbocycles. The van der Waals surface area contributed by atoms with Gasteiger partial charge in [-0.3, -0.25) is 0 Å². The van der Waals surface area contributed by atoms with Crippen molar-refractivity contribution < 1.29 is 4.74 Å². The maximum absolute atomic E-state index is 6.05. The van der Waals surface area contributed by atoms with Crippen molar-refractivity contribution in [1.82, 2.24) is 0 Å². The predicted molar refractivity (Wildman–Crippen MR) is 123 cm³/mol. The summed E-state index contributed by atoms with van der Waals surface area (Å²) in [6.45, 7) is 0.787. The summed E-state index contributed by atoms with van der Waals surface area (Å²) in [4.78, 5) is 2.96. The van der Waals surface area contributed by atoms with E-state index in [1.165, 1.54) is 50.6 Å². The van der Waals surface area contributed by atoms with Gasteiger partial charge in [0.25, 0.3) is 0 Å². The van der Waals surface area contributed by atoms with Gasteiger partial charge in [0.2, 0.25) is 0 Å². The molecule has 3 aliphatic heterocycles. The molecule has 0 amide bonds. The molecule has 2 atom stereocenters. The Kier molecular flexibility index (Phi) is 4.61. The van der Waals surface area contributed by atoms with Gasteiger partial charge >= 0.3 is 0 Å². The number of rotatable bonds is 2. The molecule has 0 saturated heterocycles. The SMILES string of the molecule is c1ccc2c(c1)CC(c1ccc3c(c1)CC(c1ccc4c(c1)CCCS4)S3)CO2. The lowest BCUT2D eigenvalue weighted by atomic mass is 9.89. The molecule has 3 aromatic carbocycles. The van der Waals surface area contributed by atoms with Crippen LogP contribution in [0.1, 0.15) is 45.4 Å². The molecule has 0 spiro atoms. The largest absolute Gasteiger partial charge is 0.493 e. The lowest BCUT2D eigenvalue weighted by Crippen LogP contribution is -2.19. The highest BCUT2D eigenvalue weighted by Crippen LogP contribution is 2.48. The van der Waals surface area contributed by atoms with E-state index in [0.29, 0.717) is 11.2 Å². The fourth-order valence-electron chi connectivity index (χ4n) is 4.83. The normalized spacial score (nSPS) is 22.3. The lowest BCUT2D eigenvalue weighted by molar-refractivity contribution is 0.262. The molecule has 0 radical (unpaired) electrons. The molecule has 3 aliphatic rings. The van der Waals surface area contributed by atoms with E-state index in [1.807, 2.05) is 23.5 Å². The summed E-state index contributed by atoms with van der Waals surface area (Å²) in [6, 6.07) is 22.8. The molecular weight excluding hydrogens is 392 g/mol. The molecule has 29 heavy (non-hydrogen) atoms. The highest BCUT2D eigenvalue weighted by atomic mass is 32.2. The molecule has 6 rings (SSSR count). The van der Waals surface area contributed by atoms with Crippen molar-refractivity contribution in [3.8, 4) is 5.75 Å². The summed E-state index contributed by atoms with van der Waals surface area (Å²) in [5, 5.41) is 0.556. The van der Waals surface area contributed by atoms with Crippen LogP contribution in [0, 0.1) is 0 Å². The Morgan fingerprint density at radius 3 is 2.66 bits per heavy atom. The van der Waals surface area contributed by atoms with Gasteiger partial charge in [-0.1, -0.05) is 42.5 Å². The molecule has 0 N–H and O–H groups in total. The summed E-state index contributed by atoms with van der Waals surface area (Å²) in [5.41, 5.74) is 7.35. The Morgan fingerprint density at radius 1 is 0.793 bits per heavy atom. The Morgan fingerprint density at radius 2 is 1.66 bits per heavy atom. The highest BCUT2D eigenvalue weighted by molar-refractivity contribution is 8.00. The van der Waals surface area contributed by atoms with Crippen molar-refractivity contribution in [2.45, 2.75) is 46.6 Å². The average molecular weight is 417 g/mol. The molecule has 1 nitrogen and oxygen atoms in total. The van der Waals surface area contributed by atoms with Gasteiger partial charge in [0, 0.05) is 21.0 Å². The number of fused-ring (bicyclic) bond motifs is 3. The Labute approximate surface area is 181 Å². The van der Waals surface area contributed by atoms with Crippen LogP contribution in [0.15, 0.2) is 70.5 Å². The third-order valence-electron chi connectivity index (χ3n) is 6.41. The zero-order valence-corrected chi connectivity index (χ0v) is 18.0. The minimum atomic E-state index is 0.458. The Bertz CT molecular complexity index is 1070. The molecule has 0 bridgehead atoms. The van der Waals surface area contributed by atoms with Gasteiger partial charge in [-0.2, -0.15) is 0 Å². The number of benzene rings is 3. The molecule has 0 fully saturated rings. The number of para-hydroxylation sites is 1. The van der Waals surface area contributed by atoms with Gasteiger partial charge in [0.05, 0.1) is 6.61 Å². The van der Waals surface area contributed by atoms with E-state index in [-0.39, 0.29) is 0 Å². The number of ether oxygens (including phenoxy) is 1. The smallest absolute Gasteiger partial charge is 0.122 e. The maximum atomic E-state index is 6.05. The quantitative estimate of drug-likeness (QED) is 0.453. The topological polar surface area (TPSA) is 9.23 Å². The van der Waals surface area contributed by atoms with E-state index < -0.39 is 0 Å². The summed E-state index contributed by atoms with van der Waals surface area (Å²) < 4.78 is 6.05.